The van der Waals surface area contributed by atoms with Crippen molar-refractivity contribution in [3.8, 4) is 0 Å². The lowest BCUT2D eigenvalue weighted by molar-refractivity contribution is -0.124. The van der Waals surface area contributed by atoms with E-state index >= 15 is 0 Å². The van der Waals surface area contributed by atoms with Crippen LogP contribution in [-0.2, 0) is 11.2 Å². The molecule has 0 spiro atoms. The number of nitrogens with one attached hydrogen (secondary N) is 2. The highest BCUT2D eigenvalue weighted by Crippen LogP contribution is 2.20. The van der Waals surface area contributed by atoms with Gasteiger partial charge in [0.15, 0.2) is 11.5 Å². The van der Waals surface area contributed by atoms with E-state index in [9.17, 15) is 4.79 Å². The van der Waals surface area contributed by atoms with E-state index in [1.807, 2.05) is 0 Å². The van der Waals surface area contributed by atoms with E-state index in [0.29, 0.717) is 29.5 Å². The maximum absolute atomic E-state index is 11.6. The van der Waals surface area contributed by atoms with Crippen LogP contribution in [0.4, 0.5) is 0 Å². The van der Waals surface area contributed by atoms with E-state index in [2.05, 4.69) is 15.6 Å². The summed E-state index contributed by atoms with van der Waals surface area (Å²) >= 11 is 5.88. The van der Waals surface area contributed by atoms with Gasteiger partial charge in [-0.2, -0.15) is 0 Å². The third kappa shape index (κ3) is 2.19. The van der Waals surface area contributed by atoms with Crippen LogP contribution in [0.3, 0.4) is 0 Å². The molecule has 1 saturated heterocycles. The summed E-state index contributed by atoms with van der Waals surface area (Å²) in [4.78, 5) is 15.9. The Morgan fingerprint density at radius 1 is 1.44 bits per heavy atom. The average molecular weight is 266 g/mol. The van der Waals surface area contributed by atoms with Crippen LogP contribution in [0.25, 0.3) is 11.1 Å². The number of hydrogen-bond donors (Lipinski definition) is 2. The molecular formula is C12H12ClN3O2. The second-order valence-corrected chi connectivity index (χ2v) is 4.66. The van der Waals surface area contributed by atoms with Crippen LogP contribution >= 0.6 is 11.6 Å². The molecule has 1 fully saturated rings. The number of nitrogens with zero attached hydrogens (tertiary/aromatic N) is 1. The molecule has 0 radical (unpaired) electrons. The second kappa shape index (κ2) is 4.59. The molecule has 1 unspecified atom stereocenters. The van der Waals surface area contributed by atoms with Crippen LogP contribution in [0.1, 0.15) is 5.89 Å². The van der Waals surface area contributed by atoms with Crippen LogP contribution in [-0.4, -0.2) is 30.0 Å². The number of rotatable bonds is 2. The molecule has 6 heteroatoms. The van der Waals surface area contributed by atoms with E-state index in [1.165, 1.54) is 0 Å². The Morgan fingerprint density at radius 2 is 2.33 bits per heavy atom. The number of aromatic nitrogens is 1. The Bertz CT molecular complexity index is 596. The molecule has 1 aliphatic heterocycles. The van der Waals surface area contributed by atoms with Crippen LogP contribution in [0.15, 0.2) is 22.6 Å². The van der Waals surface area contributed by atoms with Gasteiger partial charge in [-0.05, 0) is 12.1 Å². The van der Waals surface area contributed by atoms with Gasteiger partial charge in [-0.1, -0.05) is 11.6 Å². The molecule has 1 aromatic heterocycles. The lowest BCUT2D eigenvalue weighted by Gasteiger charge is -2.22. The first-order valence-corrected chi connectivity index (χ1v) is 6.16. The zero-order valence-electron chi connectivity index (χ0n) is 9.57. The topological polar surface area (TPSA) is 67.2 Å². The molecule has 0 aliphatic carbocycles. The highest BCUT2D eigenvalue weighted by atomic mass is 35.5. The van der Waals surface area contributed by atoms with E-state index < -0.39 is 0 Å². The Labute approximate surface area is 109 Å². The smallest absolute Gasteiger partial charge is 0.237 e. The molecule has 2 heterocycles. The summed E-state index contributed by atoms with van der Waals surface area (Å²) in [5.41, 5.74) is 1.40. The second-order valence-electron chi connectivity index (χ2n) is 4.22. The third-order valence-corrected chi connectivity index (χ3v) is 3.14. The quantitative estimate of drug-likeness (QED) is 0.854. The number of carbonyl (C=O) groups excluding carboxylic acids is 1. The Morgan fingerprint density at radius 3 is 3.17 bits per heavy atom. The fraction of sp³-hybridized carbons (Fsp3) is 0.333. The summed E-state index contributed by atoms with van der Waals surface area (Å²) < 4.78 is 5.58. The van der Waals surface area contributed by atoms with Gasteiger partial charge in [0.1, 0.15) is 5.52 Å². The lowest BCUT2D eigenvalue weighted by atomic mass is 10.1. The normalized spacial score (nSPS) is 20.1. The summed E-state index contributed by atoms with van der Waals surface area (Å²) in [5, 5.41) is 6.55. The van der Waals surface area contributed by atoms with Crippen molar-refractivity contribution in [3.63, 3.8) is 0 Å². The van der Waals surface area contributed by atoms with E-state index in [0.717, 1.165) is 12.1 Å². The zero-order chi connectivity index (χ0) is 12.5. The van der Waals surface area contributed by atoms with Gasteiger partial charge in [0, 0.05) is 30.6 Å². The van der Waals surface area contributed by atoms with Crippen molar-refractivity contribution in [2.45, 2.75) is 12.5 Å². The molecule has 18 heavy (non-hydrogen) atoms. The van der Waals surface area contributed by atoms with Gasteiger partial charge < -0.3 is 15.1 Å². The lowest BCUT2D eigenvalue weighted by Crippen LogP contribution is -2.53. The van der Waals surface area contributed by atoms with Crippen LogP contribution in [0.2, 0.25) is 5.02 Å². The molecule has 0 bridgehead atoms. The van der Waals surface area contributed by atoms with Crippen LogP contribution in [0, 0.1) is 0 Å². The third-order valence-electron chi connectivity index (χ3n) is 2.90. The molecule has 94 valence electrons. The first-order chi connectivity index (χ1) is 8.72. The van der Waals surface area contributed by atoms with Crippen molar-refractivity contribution in [3.05, 3.63) is 29.1 Å². The first-order valence-electron chi connectivity index (χ1n) is 5.78. The number of benzene rings is 1. The molecular weight excluding hydrogens is 254 g/mol. The minimum absolute atomic E-state index is 0.0125. The first kappa shape index (κ1) is 11.5. The fourth-order valence-corrected chi connectivity index (χ4v) is 2.18. The Hall–Kier alpha value is -1.59. The Balaban J connectivity index is 1.84. The van der Waals surface area contributed by atoms with Gasteiger partial charge in [0.2, 0.25) is 5.91 Å². The molecule has 5 nitrogen and oxygen atoms in total. The maximum Gasteiger partial charge on any atom is 0.237 e. The molecule has 3 rings (SSSR count). The van der Waals surface area contributed by atoms with Crippen molar-refractivity contribution >= 4 is 28.6 Å². The van der Waals surface area contributed by atoms with Crippen molar-refractivity contribution in [2.75, 3.05) is 13.1 Å². The summed E-state index contributed by atoms with van der Waals surface area (Å²) in [6, 6.07) is 5.02. The SMILES string of the molecule is O=C1NCCNC1Cc1nc2ccc(Cl)cc2o1. The maximum atomic E-state index is 11.6. The number of hydrogen-bond acceptors (Lipinski definition) is 4. The number of amides is 1. The summed E-state index contributed by atoms with van der Waals surface area (Å²) in [5.74, 6) is 0.531. The molecule has 2 N–H and O–H groups in total. The van der Waals surface area contributed by atoms with Crippen molar-refractivity contribution in [1.82, 2.24) is 15.6 Å². The molecule has 1 aliphatic rings. The van der Waals surface area contributed by atoms with Gasteiger partial charge in [0.25, 0.3) is 0 Å². The predicted octanol–water partition coefficient (Wildman–Crippen LogP) is 1.11. The monoisotopic (exact) mass is 265 g/mol. The van der Waals surface area contributed by atoms with Gasteiger partial charge in [0.05, 0.1) is 6.04 Å². The van der Waals surface area contributed by atoms with E-state index in [1.54, 1.807) is 18.2 Å². The molecule has 1 aromatic carbocycles. The highest BCUT2D eigenvalue weighted by Gasteiger charge is 2.23. The molecule has 1 atom stereocenters. The van der Waals surface area contributed by atoms with Gasteiger partial charge >= 0.3 is 0 Å². The van der Waals surface area contributed by atoms with Crippen LogP contribution in [0.5, 0.6) is 0 Å². The largest absolute Gasteiger partial charge is 0.441 e. The van der Waals surface area contributed by atoms with Crippen molar-refractivity contribution in [1.29, 1.82) is 0 Å². The van der Waals surface area contributed by atoms with E-state index in [-0.39, 0.29) is 11.9 Å². The number of carbonyl (C=O) groups is 1. The highest BCUT2D eigenvalue weighted by molar-refractivity contribution is 6.31. The predicted molar refractivity (Wildman–Crippen MR) is 67.5 cm³/mol. The standard InChI is InChI=1S/C12H12ClN3O2/c13-7-1-2-8-10(5-7)18-11(16-8)6-9-12(17)15-4-3-14-9/h1-2,5,9,14H,3-4,6H2,(H,15,17). The van der Waals surface area contributed by atoms with E-state index in [4.69, 9.17) is 16.0 Å². The van der Waals surface area contributed by atoms with Crippen LogP contribution < -0.4 is 10.6 Å². The molecule has 1 amide bonds. The average Bonchev–Trinajstić information content (AvgIpc) is 2.73. The Kier molecular flexibility index (Phi) is 2.93. The molecule has 0 saturated carbocycles. The van der Waals surface area contributed by atoms with Gasteiger partial charge in [-0.3, -0.25) is 4.79 Å². The fourth-order valence-electron chi connectivity index (χ4n) is 2.02. The number of piperazine rings is 1. The van der Waals surface area contributed by atoms with Gasteiger partial charge in [-0.25, -0.2) is 4.98 Å². The summed E-state index contributed by atoms with van der Waals surface area (Å²) in [7, 11) is 0. The number of halogens is 1. The minimum atomic E-state index is -0.276. The minimum Gasteiger partial charge on any atom is -0.441 e. The summed E-state index contributed by atoms with van der Waals surface area (Å²) in [6.07, 6.45) is 0.443. The van der Waals surface area contributed by atoms with Crippen molar-refractivity contribution in [2.24, 2.45) is 0 Å². The van der Waals surface area contributed by atoms with Gasteiger partial charge in [-0.15, -0.1) is 0 Å². The summed E-state index contributed by atoms with van der Waals surface area (Å²) in [6.45, 7) is 1.43. The molecule has 2 aromatic rings. The zero-order valence-corrected chi connectivity index (χ0v) is 10.3. The number of fused-ring (bicyclic) bond motifs is 1. The van der Waals surface area contributed by atoms with Crippen molar-refractivity contribution < 1.29 is 9.21 Å². The number of oxazole rings is 1.